The maximum atomic E-state index is 12.9. The van der Waals surface area contributed by atoms with Crippen LogP contribution in [0.3, 0.4) is 0 Å². The minimum atomic E-state index is -0.504. The Morgan fingerprint density at radius 3 is 2.56 bits per heavy atom. The van der Waals surface area contributed by atoms with Gasteiger partial charge in [-0.2, -0.15) is 0 Å². The number of carbonyl (C=O) groups excluding carboxylic acids is 2. The van der Waals surface area contributed by atoms with Crippen LogP contribution in [0.25, 0.3) is 0 Å². The summed E-state index contributed by atoms with van der Waals surface area (Å²) in [4.78, 5) is 36.1. The van der Waals surface area contributed by atoms with Crippen LogP contribution in [-0.4, -0.2) is 34.5 Å². The van der Waals surface area contributed by atoms with Gasteiger partial charge in [-0.25, -0.2) is 0 Å². The fourth-order valence-electron chi connectivity index (χ4n) is 4.21. The predicted molar refractivity (Wildman–Crippen MR) is 101 cm³/mol. The Balaban J connectivity index is 1.80. The number of ketones is 1. The molecule has 0 radical (unpaired) electrons. The summed E-state index contributed by atoms with van der Waals surface area (Å²) >= 11 is 1.50. The van der Waals surface area contributed by atoms with E-state index < -0.39 is 16.8 Å². The molecule has 0 saturated carbocycles. The number of hydrogen-bond donors (Lipinski definition) is 3. The monoisotopic (exact) mass is 388 g/mol. The lowest BCUT2D eigenvalue weighted by atomic mass is 9.70. The normalized spacial score (nSPS) is 30.1. The van der Waals surface area contributed by atoms with Gasteiger partial charge in [0.25, 0.3) is 5.69 Å². The summed E-state index contributed by atoms with van der Waals surface area (Å²) in [5, 5.41) is 20.7. The van der Waals surface area contributed by atoms with Crippen LogP contribution in [0.4, 0.5) is 5.69 Å². The van der Waals surface area contributed by atoms with Gasteiger partial charge in [-0.3, -0.25) is 25.0 Å². The van der Waals surface area contributed by atoms with Crippen molar-refractivity contribution in [1.29, 1.82) is 0 Å². The van der Waals surface area contributed by atoms with Gasteiger partial charge in [0.05, 0.1) is 17.0 Å². The van der Waals surface area contributed by atoms with Gasteiger partial charge >= 0.3 is 0 Å². The van der Waals surface area contributed by atoms with E-state index in [1.807, 2.05) is 6.26 Å². The number of nitro groups is 1. The molecule has 0 aromatic heterocycles. The van der Waals surface area contributed by atoms with Crippen molar-refractivity contribution < 1.29 is 14.5 Å². The topological polar surface area (TPSA) is 113 Å². The van der Waals surface area contributed by atoms with Gasteiger partial charge in [0, 0.05) is 35.7 Å². The number of amides is 1. The van der Waals surface area contributed by atoms with E-state index in [9.17, 15) is 19.7 Å². The number of hydrogen-bond acceptors (Lipinski definition) is 7. The molecule has 0 spiro atoms. The first-order chi connectivity index (χ1) is 13.0. The van der Waals surface area contributed by atoms with Gasteiger partial charge in [0.1, 0.15) is 5.50 Å². The first-order valence-electron chi connectivity index (χ1n) is 8.86. The third kappa shape index (κ3) is 3.10. The number of thioether (sulfide) groups is 1. The van der Waals surface area contributed by atoms with E-state index in [0.29, 0.717) is 12.0 Å². The van der Waals surface area contributed by atoms with E-state index in [2.05, 4.69) is 16.0 Å². The maximum Gasteiger partial charge on any atom is 0.269 e. The third-order valence-electron chi connectivity index (χ3n) is 5.42. The molecule has 1 aromatic carbocycles. The second kappa shape index (κ2) is 6.97. The van der Waals surface area contributed by atoms with Crippen LogP contribution in [-0.2, 0) is 9.59 Å². The highest BCUT2D eigenvalue weighted by Crippen LogP contribution is 2.43. The molecule has 1 saturated heterocycles. The molecule has 4 rings (SSSR count). The third-order valence-corrected chi connectivity index (χ3v) is 6.15. The fraction of sp³-hybridized carbons (Fsp3) is 0.444. The number of nitro benzene ring substituents is 1. The number of fused-ring (bicyclic) bond motifs is 1. The lowest BCUT2D eigenvalue weighted by molar-refractivity contribution is -0.384. The number of nitrogens with one attached hydrogen (secondary N) is 3. The van der Waals surface area contributed by atoms with Gasteiger partial charge in [0.15, 0.2) is 5.78 Å². The summed E-state index contributed by atoms with van der Waals surface area (Å²) in [5.41, 5.74) is 2.07. The number of nitrogens with zero attached hydrogens (tertiary/aromatic N) is 1. The molecule has 2 aliphatic heterocycles. The predicted octanol–water partition coefficient (Wildman–Crippen LogP) is 1.60. The second-order valence-corrected chi connectivity index (χ2v) is 7.88. The molecule has 8 nitrogen and oxygen atoms in total. The molecule has 3 aliphatic rings. The number of non-ortho nitro benzene ring substituents is 1. The van der Waals surface area contributed by atoms with E-state index in [1.165, 1.54) is 23.9 Å². The van der Waals surface area contributed by atoms with Crippen LogP contribution in [0.5, 0.6) is 0 Å². The maximum absolute atomic E-state index is 12.9. The van der Waals surface area contributed by atoms with Crippen LogP contribution < -0.4 is 16.0 Å². The molecule has 1 fully saturated rings. The molecule has 9 heteroatoms. The van der Waals surface area contributed by atoms with Gasteiger partial charge in [-0.05, 0) is 24.7 Å². The number of carbonyl (C=O) groups is 2. The zero-order valence-corrected chi connectivity index (χ0v) is 15.5. The van der Waals surface area contributed by atoms with E-state index in [1.54, 1.807) is 12.1 Å². The first-order valence-corrected chi connectivity index (χ1v) is 10.1. The molecule has 27 heavy (non-hydrogen) atoms. The van der Waals surface area contributed by atoms with Gasteiger partial charge in [0.2, 0.25) is 5.91 Å². The molecule has 4 unspecified atom stereocenters. The highest BCUT2D eigenvalue weighted by Gasteiger charge is 2.48. The summed E-state index contributed by atoms with van der Waals surface area (Å²) in [6, 6.07) is 6.18. The average molecular weight is 388 g/mol. The summed E-state index contributed by atoms with van der Waals surface area (Å²) in [7, 11) is 0. The van der Waals surface area contributed by atoms with Crippen molar-refractivity contribution in [3.8, 4) is 0 Å². The molecule has 4 atom stereocenters. The minimum Gasteiger partial charge on any atom is -0.372 e. The molecule has 0 bridgehead atoms. The average Bonchev–Trinajstić information content (AvgIpc) is 2.66. The summed E-state index contributed by atoms with van der Waals surface area (Å²) in [6.45, 7) is 0. The van der Waals surface area contributed by atoms with Crippen molar-refractivity contribution in [2.45, 2.75) is 36.8 Å². The zero-order chi connectivity index (χ0) is 19.1. The van der Waals surface area contributed by atoms with Crippen molar-refractivity contribution in [2.75, 3.05) is 6.26 Å². The van der Waals surface area contributed by atoms with Crippen LogP contribution in [0.2, 0.25) is 0 Å². The number of rotatable bonds is 3. The standard InChI is InChI=1S/C18H20N4O4S/c1-27-18-20-16-15(17(24)21-18)13(9-5-7-10(8-6-9)22(25)26)14-11(19-16)3-2-4-12(14)23/h5-8,13,15-16,18-20H,2-4H2,1H3,(H,21,24). The first kappa shape index (κ1) is 18.0. The van der Waals surface area contributed by atoms with Gasteiger partial charge in [-0.1, -0.05) is 12.1 Å². The van der Waals surface area contributed by atoms with Crippen LogP contribution >= 0.6 is 11.8 Å². The summed E-state index contributed by atoms with van der Waals surface area (Å²) in [5.74, 6) is -1.00. The van der Waals surface area contributed by atoms with E-state index in [4.69, 9.17) is 0 Å². The van der Waals surface area contributed by atoms with E-state index in [-0.39, 0.29) is 29.0 Å². The summed E-state index contributed by atoms with van der Waals surface area (Å²) in [6.07, 6.45) is 3.63. The molecule has 1 aromatic rings. The Hall–Kier alpha value is -2.39. The van der Waals surface area contributed by atoms with E-state index >= 15 is 0 Å². The smallest absolute Gasteiger partial charge is 0.269 e. The molecular weight excluding hydrogens is 368 g/mol. The van der Waals surface area contributed by atoms with E-state index in [0.717, 1.165) is 24.1 Å². The highest BCUT2D eigenvalue weighted by molar-refractivity contribution is 7.99. The van der Waals surface area contributed by atoms with Crippen molar-refractivity contribution in [1.82, 2.24) is 16.0 Å². The number of Topliss-reactive ketones (excluding diaryl/α,β-unsaturated/α-hetero) is 1. The van der Waals surface area contributed by atoms with Crippen molar-refractivity contribution >= 4 is 29.1 Å². The van der Waals surface area contributed by atoms with Crippen molar-refractivity contribution in [2.24, 2.45) is 5.92 Å². The Bertz CT molecular complexity index is 838. The molecular formula is C18H20N4O4S. The largest absolute Gasteiger partial charge is 0.372 e. The highest BCUT2D eigenvalue weighted by atomic mass is 32.2. The lowest BCUT2D eigenvalue weighted by Gasteiger charge is -2.46. The Morgan fingerprint density at radius 2 is 1.89 bits per heavy atom. The van der Waals surface area contributed by atoms with Crippen LogP contribution in [0, 0.1) is 16.0 Å². The molecule has 1 amide bonds. The van der Waals surface area contributed by atoms with Crippen molar-refractivity contribution in [3.05, 3.63) is 51.2 Å². The van der Waals surface area contributed by atoms with Gasteiger partial charge in [-0.15, -0.1) is 11.8 Å². The molecule has 3 N–H and O–H groups in total. The summed E-state index contributed by atoms with van der Waals surface area (Å²) < 4.78 is 0. The SMILES string of the molecule is CSC1NC(=O)C2C(NC3=C(C(=O)CCC3)C2c2ccc([N+](=O)[O-])cc2)N1. The molecule has 142 valence electrons. The Kier molecular flexibility index (Phi) is 4.65. The fourth-order valence-corrected chi connectivity index (χ4v) is 4.72. The van der Waals surface area contributed by atoms with Crippen LogP contribution in [0.15, 0.2) is 35.5 Å². The Labute approximate surface area is 160 Å². The second-order valence-electron chi connectivity index (χ2n) is 6.93. The number of benzene rings is 1. The quantitative estimate of drug-likeness (QED) is 0.532. The van der Waals surface area contributed by atoms with Gasteiger partial charge < -0.3 is 10.6 Å². The Morgan fingerprint density at radius 1 is 1.15 bits per heavy atom. The number of allylic oxidation sites excluding steroid dienone is 2. The molecule has 1 aliphatic carbocycles. The van der Waals surface area contributed by atoms with Crippen LogP contribution in [0.1, 0.15) is 30.7 Å². The zero-order valence-electron chi connectivity index (χ0n) is 14.7. The minimum absolute atomic E-state index is 0.0120. The molecule has 2 heterocycles. The lowest BCUT2D eigenvalue weighted by Crippen LogP contribution is -2.67. The van der Waals surface area contributed by atoms with Crippen molar-refractivity contribution in [3.63, 3.8) is 0 Å².